The summed E-state index contributed by atoms with van der Waals surface area (Å²) in [7, 11) is 1.33. The predicted molar refractivity (Wildman–Crippen MR) is 51.5 cm³/mol. The molecule has 0 atom stereocenters. The van der Waals surface area contributed by atoms with Crippen LogP contribution in [0.1, 0.15) is 10.5 Å². The van der Waals surface area contributed by atoms with Crippen molar-refractivity contribution in [2.45, 2.75) is 0 Å². The van der Waals surface area contributed by atoms with E-state index < -0.39 is 5.97 Å². The summed E-state index contributed by atoms with van der Waals surface area (Å²) in [6.45, 7) is 0. The standard InChI is InChI=1S/C9H7ClN2O2/c1-14-9(13)8-3-2-6(10)7-4-5-11-12(7)8/h2-5H,1H3. The number of methoxy groups -OCH3 is 1. The highest BCUT2D eigenvalue weighted by Gasteiger charge is 2.12. The van der Waals surface area contributed by atoms with Crippen LogP contribution in [0.2, 0.25) is 5.02 Å². The molecule has 2 aromatic rings. The lowest BCUT2D eigenvalue weighted by Crippen LogP contribution is -2.08. The molecular weight excluding hydrogens is 204 g/mol. The van der Waals surface area contributed by atoms with Crippen LogP contribution in [0.15, 0.2) is 24.4 Å². The zero-order valence-corrected chi connectivity index (χ0v) is 8.15. The molecule has 0 aromatic carbocycles. The van der Waals surface area contributed by atoms with Crippen molar-refractivity contribution in [2.24, 2.45) is 0 Å². The molecule has 72 valence electrons. The van der Waals surface area contributed by atoms with Crippen LogP contribution < -0.4 is 0 Å². The Morgan fingerprint density at radius 1 is 1.50 bits per heavy atom. The summed E-state index contributed by atoms with van der Waals surface area (Å²) in [4.78, 5) is 11.3. The van der Waals surface area contributed by atoms with Gasteiger partial charge in [-0.2, -0.15) is 5.10 Å². The van der Waals surface area contributed by atoms with E-state index >= 15 is 0 Å². The van der Waals surface area contributed by atoms with Gasteiger partial charge in [0.1, 0.15) is 0 Å². The quantitative estimate of drug-likeness (QED) is 0.674. The van der Waals surface area contributed by atoms with Crippen molar-refractivity contribution < 1.29 is 9.53 Å². The number of carbonyl (C=O) groups is 1. The van der Waals surface area contributed by atoms with Gasteiger partial charge in [0.2, 0.25) is 0 Å². The van der Waals surface area contributed by atoms with E-state index in [-0.39, 0.29) is 0 Å². The molecule has 2 rings (SSSR count). The lowest BCUT2D eigenvalue weighted by Gasteiger charge is -2.03. The van der Waals surface area contributed by atoms with Crippen LogP contribution in [0.4, 0.5) is 0 Å². The van der Waals surface area contributed by atoms with Gasteiger partial charge in [0.05, 0.1) is 23.8 Å². The molecule has 0 aliphatic rings. The molecule has 0 amide bonds. The number of rotatable bonds is 1. The van der Waals surface area contributed by atoms with Crippen molar-refractivity contribution >= 4 is 23.1 Å². The second-order valence-corrected chi connectivity index (χ2v) is 3.09. The van der Waals surface area contributed by atoms with E-state index in [1.165, 1.54) is 11.6 Å². The summed E-state index contributed by atoms with van der Waals surface area (Å²) in [5.41, 5.74) is 1.05. The van der Waals surface area contributed by atoms with E-state index in [0.717, 1.165) is 0 Å². The predicted octanol–water partition coefficient (Wildman–Crippen LogP) is 1.77. The third-order valence-corrected chi connectivity index (χ3v) is 2.22. The van der Waals surface area contributed by atoms with Crippen LogP contribution in [0.5, 0.6) is 0 Å². The van der Waals surface area contributed by atoms with E-state index in [4.69, 9.17) is 11.6 Å². The summed E-state index contributed by atoms with van der Waals surface area (Å²) in [5.74, 6) is -0.435. The van der Waals surface area contributed by atoms with Crippen molar-refractivity contribution in [1.82, 2.24) is 9.61 Å². The lowest BCUT2D eigenvalue weighted by molar-refractivity contribution is 0.0591. The number of hydrogen-bond acceptors (Lipinski definition) is 3. The fraction of sp³-hybridized carbons (Fsp3) is 0.111. The fourth-order valence-corrected chi connectivity index (χ4v) is 1.45. The van der Waals surface area contributed by atoms with Crippen molar-refractivity contribution in [1.29, 1.82) is 0 Å². The minimum absolute atomic E-state index is 0.358. The van der Waals surface area contributed by atoms with Gasteiger partial charge in [-0.15, -0.1) is 0 Å². The van der Waals surface area contributed by atoms with E-state index in [1.54, 1.807) is 24.4 Å². The van der Waals surface area contributed by atoms with Gasteiger partial charge in [-0.3, -0.25) is 0 Å². The van der Waals surface area contributed by atoms with Gasteiger partial charge in [-0.1, -0.05) is 11.6 Å². The summed E-state index contributed by atoms with van der Waals surface area (Å²) in [5, 5.41) is 4.53. The number of aromatic nitrogens is 2. The highest BCUT2D eigenvalue weighted by molar-refractivity contribution is 6.33. The van der Waals surface area contributed by atoms with Crippen LogP contribution in [0.3, 0.4) is 0 Å². The number of fused-ring (bicyclic) bond motifs is 1. The summed E-state index contributed by atoms with van der Waals surface area (Å²) < 4.78 is 6.06. The number of ether oxygens (including phenoxy) is 1. The summed E-state index contributed by atoms with van der Waals surface area (Å²) in [6, 6.07) is 4.95. The van der Waals surface area contributed by atoms with E-state index in [9.17, 15) is 4.79 Å². The monoisotopic (exact) mass is 210 g/mol. The van der Waals surface area contributed by atoms with Crippen LogP contribution in [-0.4, -0.2) is 22.7 Å². The van der Waals surface area contributed by atoms with Crippen LogP contribution in [-0.2, 0) is 4.74 Å². The molecule has 0 spiro atoms. The number of carbonyl (C=O) groups excluding carboxylic acids is 1. The third-order valence-electron chi connectivity index (χ3n) is 1.90. The minimum Gasteiger partial charge on any atom is -0.464 e. The number of esters is 1. The minimum atomic E-state index is -0.435. The Hall–Kier alpha value is -1.55. The molecular formula is C9H7ClN2O2. The zero-order chi connectivity index (χ0) is 10.1. The summed E-state index contributed by atoms with van der Waals surface area (Å²) in [6.07, 6.45) is 1.58. The van der Waals surface area contributed by atoms with E-state index in [0.29, 0.717) is 16.2 Å². The van der Waals surface area contributed by atoms with Gasteiger partial charge in [0, 0.05) is 0 Å². The first-order chi connectivity index (χ1) is 6.74. The number of hydrogen-bond donors (Lipinski definition) is 0. The first kappa shape index (κ1) is 9.02. The highest BCUT2D eigenvalue weighted by atomic mass is 35.5. The van der Waals surface area contributed by atoms with Crippen LogP contribution in [0.25, 0.3) is 5.52 Å². The van der Waals surface area contributed by atoms with Gasteiger partial charge >= 0.3 is 5.97 Å². The summed E-state index contributed by atoms with van der Waals surface area (Å²) >= 11 is 5.91. The molecule has 0 saturated carbocycles. The Labute approximate surface area is 85.0 Å². The maximum atomic E-state index is 11.3. The van der Waals surface area contributed by atoms with Gasteiger partial charge in [-0.25, -0.2) is 9.31 Å². The Bertz CT molecular complexity index is 493. The SMILES string of the molecule is COC(=O)c1ccc(Cl)c2ccnn12. The topological polar surface area (TPSA) is 43.6 Å². The fourth-order valence-electron chi connectivity index (χ4n) is 1.24. The Balaban J connectivity index is 2.72. The number of halogens is 1. The molecule has 0 unspecified atom stereocenters. The van der Waals surface area contributed by atoms with E-state index in [2.05, 4.69) is 9.84 Å². The molecule has 14 heavy (non-hydrogen) atoms. The first-order valence-corrected chi connectivity index (χ1v) is 4.32. The normalized spacial score (nSPS) is 10.4. The van der Waals surface area contributed by atoms with Crippen LogP contribution >= 0.6 is 11.6 Å². The Morgan fingerprint density at radius 2 is 2.29 bits per heavy atom. The molecule has 5 heteroatoms. The maximum Gasteiger partial charge on any atom is 0.356 e. The van der Waals surface area contributed by atoms with Crippen LogP contribution in [0, 0.1) is 0 Å². The molecule has 0 saturated heterocycles. The lowest BCUT2D eigenvalue weighted by atomic mass is 10.3. The van der Waals surface area contributed by atoms with Gasteiger partial charge in [0.15, 0.2) is 5.69 Å². The average Bonchev–Trinajstić information content (AvgIpc) is 2.67. The van der Waals surface area contributed by atoms with Gasteiger partial charge in [-0.05, 0) is 18.2 Å². The second kappa shape index (κ2) is 3.31. The smallest absolute Gasteiger partial charge is 0.356 e. The Kier molecular flexibility index (Phi) is 2.13. The van der Waals surface area contributed by atoms with E-state index in [1.807, 2.05) is 0 Å². The number of pyridine rings is 1. The molecule has 0 aliphatic heterocycles. The molecule has 0 N–H and O–H groups in total. The second-order valence-electron chi connectivity index (χ2n) is 2.69. The highest BCUT2D eigenvalue weighted by Crippen LogP contribution is 2.18. The molecule has 0 radical (unpaired) electrons. The largest absolute Gasteiger partial charge is 0.464 e. The van der Waals surface area contributed by atoms with Crippen molar-refractivity contribution in [2.75, 3.05) is 7.11 Å². The first-order valence-electron chi connectivity index (χ1n) is 3.94. The molecule has 0 fully saturated rings. The van der Waals surface area contributed by atoms with Crippen molar-refractivity contribution in [3.8, 4) is 0 Å². The van der Waals surface area contributed by atoms with Crippen molar-refractivity contribution in [3.05, 3.63) is 35.1 Å². The molecule has 2 heterocycles. The number of nitrogens with zero attached hydrogens (tertiary/aromatic N) is 2. The Morgan fingerprint density at radius 3 is 3.00 bits per heavy atom. The average molecular weight is 211 g/mol. The molecule has 0 bridgehead atoms. The zero-order valence-electron chi connectivity index (χ0n) is 7.40. The molecule has 4 nitrogen and oxygen atoms in total. The molecule has 0 aliphatic carbocycles. The van der Waals surface area contributed by atoms with Gasteiger partial charge < -0.3 is 4.74 Å². The third kappa shape index (κ3) is 1.24. The molecule has 2 aromatic heterocycles. The van der Waals surface area contributed by atoms with Crippen molar-refractivity contribution in [3.63, 3.8) is 0 Å². The van der Waals surface area contributed by atoms with Gasteiger partial charge in [0.25, 0.3) is 0 Å². The maximum absolute atomic E-state index is 11.3.